The number of nitrogens with zero attached hydrogens (tertiary/aromatic N) is 1. The summed E-state index contributed by atoms with van der Waals surface area (Å²) in [4.78, 5) is 53.0. The van der Waals surface area contributed by atoms with Crippen molar-refractivity contribution in [3.8, 4) is 0 Å². The van der Waals surface area contributed by atoms with E-state index >= 15 is 0 Å². The van der Waals surface area contributed by atoms with Crippen molar-refractivity contribution in [2.45, 2.75) is 42.0 Å². The Morgan fingerprint density at radius 3 is 2.63 bits per heavy atom. The van der Waals surface area contributed by atoms with E-state index in [0.29, 0.717) is 42.2 Å². The van der Waals surface area contributed by atoms with Gasteiger partial charge in [0.05, 0.1) is 5.75 Å². The molecule has 1 saturated carbocycles. The summed E-state index contributed by atoms with van der Waals surface area (Å²) in [5, 5.41) is 17.5. The second-order valence-electron chi connectivity index (χ2n) is 10.00. The van der Waals surface area contributed by atoms with Gasteiger partial charge in [0.15, 0.2) is 0 Å². The molecule has 3 N–H and O–H groups in total. The lowest BCUT2D eigenvalue weighted by atomic mass is 9.91. The van der Waals surface area contributed by atoms with Gasteiger partial charge >= 0.3 is 5.97 Å². The van der Waals surface area contributed by atoms with Crippen LogP contribution in [-0.2, 0) is 19.2 Å². The second-order valence-corrected chi connectivity index (χ2v) is 12.1. The Morgan fingerprint density at radius 2 is 1.92 bits per heavy atom. The molecule has 3 fully saturated rings. The third-order valence-electron chi connectivity index (χ3n) is 7.43. The highest BCUT2D eigenvalue weighted by molar-refractivity contribution is 8.00. The highest BCUT2D eigenvalue weighted by Gasteiger charge is 2.54. The van der Waals surface area contributed by atoms with Crippen LogP contribution in [0.25, 0.3) is 10.8 Å². The van der Waals surface area contributed by atoms with Gasteiger partial charge in [-0.1, -0.05) is 30.3 Å². The van der Waals surface area contributed by atoms with Gasteiger partial charge in [0.2, 0.25) is 11.8 Å². The first-order valence-electron chi connectivity index (χ1n) is 12.7. The number of carboxylic acids is 1. The van der Waals surface area contributed by atoms with E-state index in [0.717, 1.165) is 34.1 Å². The Balaban J connectivity index is 1.17. The minimum absolute atomic E-state index is 0.0439. The number of β-lactam (4-membered cyclic amide) rings is 1. The molecule has 6 rings (SSSR count). The maximum absolute atomic E-state index is 13.2. The summed E-state index contributed by atoms with van der Waals surface area (Å²) < 4.78 is 0. The smallest absolute Gasteiger partial charge is 0.352 e. The van der Waals surface area contributed by atoms with Crippen LogP contribution < -0.4 is 10.6 Å². The monoisotopic (exact) mass is 549 g/mol. The molecule has 3 aliphatic heterocycles. The van der Waals surface area contributed by atoms with Crippen molar-refractivity contribution in [1.82, 2.24) is 15.5 Å². The number of carbonyl (C=O) groups is 4. The van der Waals surface area contributed by atoms with Gasteiger partial charge in [0.25, 0.3) is 5.91 Å². The van der Waals surface area contributed by atoms with Gasteiger partial charge in [-0.05, 0) is 65.7 Å². The fourth-order valence-corrected chi connectivity index (χ4v) is 7.46. The number of allylic oxidation sites excluding steroid dienone is 1. The van der Waals surface area contributed by atoms with Gasteiger partial charge < -0.3 is 15.7 Å². The van der Waals surface area contributed by atoms with Gasteiger partial charge in [0.1, 0.15) is 17.1 Å². The molecule has 8 nitrogen and oxygen atoms in total. The minimum atomic E-state index is -1.18. The third-order valence-corrected chi connectivity index (χ3v) is 9.70. The van der Waals surface area contributed by atoms with Crippen LogP contribution in [0.4, 0.5) is 0 Å². The van der Waals surface area contributed by atoms with Crippen molar-refractivity contribution in [2.75, 3.05) is 18.1 Å². The Bertz CT molecular complexity index is 1430. The Labute approximate surface area is 228 Å². The molecule has 0 aromatic heterocycles. The molecule has 196 valence electrons. The molecule has 3 heterocycles. The van der Waals surface area contributed by atoms with Gasteiger partial charge in [0, 0.05) is 22.8 Å². The molecule has 3 amide bonds. The maximum atomic E-state index is 13.2. The number of amides is 3. The van der Waals surface area contributed by atoms with E-state index < -0.39 is 23.3 Å². The zero-order chi connectivity index (χ0) is 26.4. The maximum Gasteiger partial charge on any atom is 0.352 e. The van der Waals surface area contributed by atoms with Crippen molar-refractivity contribution >= 4 is 58.0 Å². The molecule has 0 radical (unpaired) electrons. The summed E-state index contributed by atoms with van der Waals surface area (Å²) in [7, 11) is 0. The minimum Gasteiger partial charge on any atom is -0.477 e. The molecule has 2 aromatic rings. The van der Waals surface area contributed by atoms with Crippen LogP contribution in [0.15, 0.2) is 69.8 Å². The molecule has 4 aliphatic rings. The zero-order valence-electron chi connectivity index (χ0n) is 20.6. The molecule has 2 aromatic carbocycles. The van der Waals surface area contributed by atoms with Crippen molar-refractivity contribution < 1.29 is 24.3 Å². The SMILES string of the molecule is O=C(CSc1ccc2ccccc2c1)N[C@@H]1C(=O)N2C(C(=O)O)=C(C(CC3CC3)=C3CCNC3=O)CS[C@H]12. The number of benzene rings is 2. The quantitative estimate of drug-likeness (QED) is 0.263. The third kappa shape index (κ3) is 4.71. The number of hydrogen-bond acceptors (Lipinski definition) is 6. The lowest BCUT2D eigenvalue weighted by Gasteiger charge is -2.49. The number of carbonyl (C=O) groups excluding carboxylic acids is 3. The summed E-state index contributed by atoms with van der Waals surface area (Å²) in [5.41, 5.74) is 1.96. The van der Waals surface area contributed by atoms with Crippen LogP contribution in [0.5, 0.6) is 0 Å². The first-order valence-corrected chi connectivity index (χ1v) is 14.8. The van der Waals surface area contributed by atoms with Crippen LogP contribution in [0.3, 0.4) is 0 Å². The van der Waals surface area contributed by atoms with Crippen LogP contribution in [0.1, 0.15) is 25.7 Å². The van der Waals surface area contributed by atoms with Crippen LogP contribution in [-0.4, -0.2) is 63.2 Å². The summed E-state index contributed by atoms with van der Waals surface area (Å²) >= 11 is 2.84. The highest BCUT2D eigenvalue weighted by atomic mass is 32.2. The zero-order valence-corrected chi connectivity index (χ0v) is 22.2. The Kier molecular flexibility index (Phi) is 6.69. The van der Waals surface area contributed by atoms with Crippen molar-refractivity contribution in [3.63, 3.8) is 0 Å². The largest absolute Gasteiger partial charge is 0.477 e. The number of hydrogen-bond donors (Lipinski definition) is 3. The standard InChI is InChI=1S/C28H27N3O5S2/c32-22(14-37-18-8-7-16-3-1-2-4-17(16)12-18)30-23-26(34)31-24(28(35)36)21(13-38-27(23)31)20(11-15-5-6-15)19-9-10-29-25(19)33/h1-4,7-8,12,15,23,27H,5-6,9-11,13-14H2,(H,29,33)(H,30,32)(H,35,36)/t23-,27-/m1/s1. The van der Waals surface area contributed by atoms with E-state index in [4.69, 9.17) is 0 Å². The molecular weight excluding hydrogens is 522 g/mol. The number of nitrogens with one attached hydrogen (secondary N) is 2. The molecule has 2 atom stereocenters. The number of fused-ring (bicyclic) bond motifs is 2. The van der Waals surface area contributed by atoms with Gasteiger partial charge in [-0.3, -0.25) is 19.3 Å². The average Bonchev–Trinajstić information content (AvgIpc) is 3.65. The van der Waals surface area contributed by atoms with E-state index in [2.05, 4.69) is 10.6 Å². The molecule has 2 saturated heterocycles. The van der Waals surface area contributed by atoms with E-state index in [1.165, 1.54) is 28.4 Å². The number of thioether (sulfide) groups is 2. The van der Waals surface area contributed by atoms with E-state index in [1.807, 2.05) is 42.5 Å². The molecule has 0 unspecified atom stereocenters. The van der Waals surface area contributed by atoms with E-state index in [1.54, 1.807) is 0 Å². The number of aliphatic carboxylic acids is 1. The van der Waals surface area contributed by atoms with E-state index in [9.17, 15) is 24.3 Å². The lowest BCUT2D eigenvalue weighted by molar-refractivity contribution is -0.150. The van der Waals surface area contributed by atoms with Gasteiger partial charge in [-0.2, -0.15) is 0 Å². The van der Waals surface area contributed by atoms with Gasteiger partial charge in [-0.25, -0.2) is 4.79 Å². The summed E-state index contributed by atoms with van der Waals surface area (Å²) in [6.07, 6.45) is 3.36. The normalized spacial score (nSPS) is 24.2. The molecule has 0 spiro atoms. The first-order chi connectivity index (χ1) is 18.4. The van der Waals surface area contributed by atoms with Crippen molar-refractivity contribution in [2.24, 2.45) is 5.92 Å². The Morgan fingerprint density at radius 1 is 1.13 bits per heavy atom. The van der Waals surface area contributed by atoms with E-state index in [-0.39, 0.29) is 23.3 Å². The topological polar surface area (TPSA) is 116 Å². The van der Waals surface area contributed by atoms with Crippen LogP contribution in [0.2, 0.25) is 0 Å². The van der Waals surface area contributed by atoms with Crippen molar-refractivity contribution in [1.29, 1.82) is 0 Å². The molecule has 0 bridgehead atoms. The summed E-state index contributed by atoms with van der Waals surface area (Å²) in [6.45, 7) is 0.543. The summed E-state index contributed by atoms with van der Waals surface area (Å²) in [5.74, 6) is -1.03. The van der Waals surface area contributed by atoms with Crippen molar-refractivity contribution in [3.05, 3.63) is 64.9 Å². The first kappa shape index (κ1) is 25.1. The predicted molar refractivity (Wildman–Crippen MR) is 146 cm³/mol. The highest BCUT2D eigenvalue weighted by Crippen LogP contribution is 2.46. The second kappa shape index (κ2) is 10.1. The number of carboxylic acid groups (broad SMARTS) is 1. The molecule has 38 heavy (non-hydrogen) atoms. The molecule has 1 aliphatic carbocycles. The molecule has 10 heteroatoms. The predicted octanol–water partition coefficient (Wildman–Crippen LogP) is 3.29. The Hall–Kier alpha value is -3.24. The lowest BCUT2D eigenvalue weighted by Crippen LogP contribution is -2.70. The fraction of sp³-hybridized carbons (Fsp3) is 0.357. The molecular formula is C28H27N3O5S2. The fourth-order valence-electron chi connectivity index (χ4n) is 5.32. The number of rotatable bonds is 8. The summed E-state index contributed by atoms with van der Waals surface area (Å²) in [6, 6.07) is 13.3. The van der Waals surface area contributed by atoms with Crippen LogP contribution in [0, 0.1) is 5.92 Å². The van der Waals surface area contributed by atoms with Gasteiger partial charge in [-0.15, -0.1) is 23.5 Å². The van der Waals surface area contributed by atoms with Crippen LogP contribution >= 0.6 is 23.5 Å². The average molecular weight is 550 g/mol.